The predicted molar refractivity (Wildman–Crippen MR) is 77.7 cm³/mol. The Kier molecular flexibility index (Phi) is 4.27. The van der Waals surface area contributed by atoms with Gasteiger partial charge < -0.3 is 0 Å². The molecule has 0 atom stereocenters. The Hall–Kier alpha value is -1.21. The van der Waals surface area contributed by atoms with Crippen LogP contribution in [0.5, 0.6) is 0 Å². The van der Waals surface area contributed by atoms with Crippen LogP contribution < -0.4 is 0 Å². The van der Waals surface area contributed by atoms with Gasteiger partial charge in [-0.15, -0.1) is 11.8 Å². The van der Waals surface area contributed by atoms with E-state index in [0.717, 1.165) is 0 Å². The first-order valence-electron chi connectivity index (χ1n) is 6.07. The van der Waals surface area contributed by atoms with Gasteiger partial charge in [-0.05, 0) is 41.5 Å². The average Bonchev–Trinajstić information content (AvgIpc) is 2.40. The first-order valence-corrected chi connectivity index (χ1v) is 7.29. The van der Waals surface area contributed by atoms with Gasteiger partial charge in [0.1, 0.15) is 0 Å². The van der Waals surface area contributed by atoms with Crippen molar-refractivity contribution in [2.24, 2.45) is 0 Å². The monoisotopic (exact) mass is 242 g/mol. The predicted octanol–water partition coefficient (Wildman–Crippen LogP) is 5.03. The molecular formula is C16H18S. The Morgan fingerprint density at radius 2 is 1.35 bits per heavy atom. The van der Waals surface area contributed by atoms with Gasteiger partial charge in [-0.2, -0.15) is 0 Å². The molecule has 0 aliphatic rings. The molecule has 0 spiro atoms. The van der Waals surface area contributed by atoms with Crippen molar-refractivity contribution < 1.29 is 0 Å². The van der Waals surface area contributed by atoms with Crippen LogP contribution in [0.15, 0.2) is 53.4 Å². The lowest BCUT2D eigenvalue weighted by atomic mass is 10.0. The van der Waals surface area contributed by atoms with Crippen molar-refractivity contribution in [3.8, 4) is 11.1 Å². The number of hydrogen-bond donors (Lipinski definition) is 0. The lowest BCUT2D eigenvalue weighted by Crippen LogP contribution is -1.83. The van der Waals surface area contributed by atoms with E-state index in [1.807, 2.05) is 0 Å². The van der Waals surface area contributed by atoms with Gasteiger partial charge in [0, 0.05) is 4.90 Å². The summed E-state index contributed by atoms with van der Waals surface area (Å²) in [5.41, 5.74) is 4.03. The molecule has 0 aliphatic carbocycles. The van der Waals surface area contributed by atoms with Gasteiger partial charge >= 0.3 is 0 Å². The quantitative estimate of drug-likeness (QED) is 0.678. The molecule has 0 saturated carbocycles. The van der Waals surface area contributed by atoms with E-state index >= 15 is 0 Å². The summed E-state index contributed by atoms with van der Waals surface area (Å²) < 4.78 is 0. The minimum Gasteiger partial charge on any atom is -0.130 e. The van der Waals surface area contributed by atoms with Crippen LogP contribution in [0.3, 0.4) is 0 Å². The van der Waals surface area contributed by atoms with Gasteiger partial charge in [0.2, 0.25) is 0 Å². The molecule has 0 unspecified atom stereocenters. The summed E-state index contributed by atoms with van der Waals surface area (Å²) in [5, 5.41) is 0. The van der Waals surface area contributed by atoms with Crippen LogP contribution in [0.1, 0.15) is 18.9 Å². The standard InChI is InChI=1S/C16H18S/c1-3-4-13-5-7-14(8-6-13)15-9-11-16(17-2)12-10-15/h5-12H,3-4H2,1-2H3. The second-order valence-electron chi connectivity index (χ2n) is 4.18. The smallest absolute Gasteiger partial charge is 0.00695 e. The fourth-order valence-corrected chi connectivity index (χ4v) is 2.34. The molecule has 0 radical (unpaired) electrons. The van der Waals surface area contributed by atoms with Crippen LogP contribution in [0, 0.1) is 0 Å². The number of aryl methyl sites for hydroxylation is 1. The van der Waals surface area contributed by atoms with E-state index in [1.165, 1.54) is 34.4 Å². The van der Waals surface area contributed by atoms with Crippen molar-refractivity contribution >= 4 is 11.8 Å². The number of hydrogen-bond acceptors (Lipinski definition) is 1. The molecule has 0 amide bonds. The van der Waals surface area contributed by atoms with Gasteiger partial charge in [-0.1, -0.05) is 49.7 Å². The average molecular weight is 242 g/mol. The molecule has 1 heteroatoms. The molecule has 2 aromatic carbocycles. The molecule has 0 aliphatic heterocycles. The highest BCUT2D eigenvalue weighted by atomic mass is 32.2. The molecule has 0 nitrogen and oxygen atoms in total. The van der Waals surface area contributed by atoms with Crippen molar-refractivity contribution in [3.63, 3.8) is 0 Å². The molecule has 88 valence electrons. The van der Waals surface area contributed by atoms with Crippen molar-refractivity contribution in [3.05, 3.63) is 54.1 Å². The topological polar surface area (TPSA) is 0 Å². The molecular weight excluding hydrogens is 224 g/mol. The lowest BCUT2D eigenvalue weighted by molar-refractivity contribution is 0.922. The summed E-state index contributed by atoms with van der Waals surface area (Å²) in [6.45, 7) is 2.22. The molecule has 0 N–H and O–H groups in total. The fourth-order valence-electron chi connectivity index (χ4n) is 1.94. The largest absolute Gasteiger partial charge is 0.130 e. The lowest BCUT2D eigenvalue weighted by Gasteiger charge is -2.04. The molecule has 0 saturated heterocycles. The highest BCUT2D eigenvalue weighted by Crippen LogP contribution is 2.23. The third-order valence-corrected chi connectivity index (χ3v) is 3.66. The zero-order valence-corrected chi connectivity index (χ0v) is 11.3. The van der Waals surface area contributed by atoms with Crippen molar-refractivity contribution in [1.29, 1.82) is 0 Å². The molecule has 17 heavy (non-hydrogen) atoms. The van der Waals surface area contributed by atoms with Crippen LogP contribution in [-0.2, 0) is 6.42 Å². The van der Waals surface area contributed by atoms with Crippen LogP contribution in [0.25, 0.3) is 11.1 Å². The van der Waals surface area contributed by atoms with E-state index < -0.39 is 0 Å². The van der Waals surface area contributed by atoms with E-state index in [2.05, 4.69) is 61.7 Å². The van der Waals surface area contributed by atoms with Gasteiger partial charge in [0.05, 0.1) is 0 Å². The first kappa shape index (κ1) is 12.3. The number of rotatable bonds is 4. The Morgan fingerprint density at radius 3 is 1.82 bits per heavy atom. The van der Waals surface area contributed by atoms with Crippen LogP contribution in [-0.4, -0.2) is 6.26 Å². The SMILES string of the molecule is CCCc1ccc(-c2ccc(SC)cc2)cc1. The van der Waals surface area contributed by atoms with Crippen molar-refractivity contribution in [2.75, 3.05) is 6.26 Å². The van der Waals surface area contributed by atoms with Gasteiger partial charge in [0.15, 0.2) is 0 Å². The second kappa shape index (κ2) is 5.92. The van der Waals surface area contributed by atoms with Gasteiger partial charge in [-0.3, -0.25) is 0 Å². The minimum absolute atomic E-state index is 1.17. The normalized spacial score (nSPS) is 10.5. The van der Waals surface area contributed by atoms with Crippen LogP contribution >= 0.6 is 11.8 Å². The Morgan fingerprint density at radius 1 is 0.824 bits per heavy atom. The first-order chi connectivity index (χ1) is 8.33. The molecule has 0 fully saturated rings. The van der Waals surface area contributed by atoms with E-state index in [-0.39, 0.29) is 0 Å². The van der Waals surface area contributed by atoms with Gasteiger partial charge in [0.25, 0.3) is 0 Å². The zero-order valence-electron chi connectivity index (χ0n) is 10.4. The number of thioether (sulfide) groups is 1. The summed E-state index contributed by atoms with van der Waals surface area (Å²) in [4.78, 5) is 1.32. The molecule has 0 aromatic heterocycles. The summed E-state index contributed by atoms with van der Waals surface area (Å²) in [7, 11) is 0. The highest BCUT2D eigenvalue weighted by Gasteiger charge is 1.98. The maximum atomic E-state index is 2.24. The maximum Gasteiger partial charge on any atom is 0.00695 e. The Labute approximate surface area is 108 Å². The zero-order chi connectivity index (χ0) is 12.1. The summed E-state index contributed by atoms with van der Waals surface area (Å²) >= 11 is 1.78. The third kappa shape index (κ3) is 3.13. The van der Waals surface area contributed by atoms with Crippen molar-refractivity contribution in [1.82, 2.24) is 0 Å². The van der Waals surface area contributed by atoms with Gasteiger partial charge in [-0.25, -0.2) is 0 Å². The third-order valence-electron chi connectivity index (χ3n) is 2.92. The summed E-state index contributed by atoms with van der Waals surface area (Å²) in [6, 6.07) is 17.7. The Bertz CT molecular complexity index is 454. The Balaban J connectivity index is 2.20. The van der Waals surface area contributed by atoms with E-state index in [0.29, 0.717) is 0 Å². The maximum absolute atomic E-state index is 2.24. The highest BCUT2D eigenvalue weighted by molar-refractivity contribution is 7.98. The van der Waals surface area contributed by atoms with Crippen molar-refractivity contribution in [2.45, 2.75) is 24.7 Å². The van der Waals surface area contributed by atoms with Crippen LogP contribution in [0.4, 0.5) is 0 Å². The molecule has 0 heterocycles. The van der Waals surface area contributed by atoms with E-state index in [9.17, 15) is 0 Å². The second-order valence-corrected chi connectivity index (χ2v) is 5.06. The molecule has 2 rings (SSSR count). The summed E-state index contributed by atoms with van der Waals surface area (Å²) in [6.07, 6.45) is 4.49. The minimum atomic E-state index is 1.17. The fraction of sp³-hybridized carbons (Fsp3) is 0.250. The van der Waals surface area contributed by atoms with E-state index in [4.69, 9.17) is 0 Å². The molecule has 2 aromatic rings. The number of benzene rings is 2. The molecule has 0 bridgehead atoms. The van der Waals surface area contributed by atoms with Crippen LogP contribution in [0.2, 0.25) is 0 Å². The van der Waals surface area contributed by atoms with E-state index in [1.54, 1.807) is 11.8 Å². The summed E-state index contributed by atoms with van der Waals surface area (Å²) in [5.74, 6) is 0.